The summed E-state index contributed by atoms with van der Waals surface area (Å²) in [5, 5.41) is 2.76. The lowest BCUT2D eigenvalue weighted by atomic mass is 10.1. The van der Waals surface area contributed by atoms with Gasteiger partial charge in [0.2, 0.25) is 10.0 Å². The van der Waals surface area contributed by atoms with E-state index in [4.69, 9.17) is 9.47 Å². The number of rotatable bonds is 6. The Morgan fingerprint density at radius 1 is 1.14 bits per heavy atom. The minimum Gasteiger partial charge on any atom is -0.492 e. The third kappa shape index (κ3) is 5.20. The fourth-order valence-corrected chi connectivity index (χ4v) is 4.19. The van der Waals surface area contributed by atoms with E-state index in [1.807, 2.05) is 39.0 Å². The van der Waals surface area contributed by atoms with Crippen LogP contribution >= 0.6 is 0 Å². The van der Waals surface area contributed by atoms with Crippen LogP contribution in [0.4, 0.5) is 5.69 Å². The zero-order valence-electron chi connectivity index (χ0n) is 17.1. The molecule has 2 aromatic rings. The maximum Gasteiger partial charge on any atom is 0.263 e. The number of nitrogens with one attached hydrogen (secondary N) is 1. The molecule has 0 spiro atoms. The van der Waals surface area contributed by atoms with Crippen LogP contribution in [-0.4, -0.2) is 46.4 Å². The molecule has 7 nitrogen and oxygen atoms in total. The molecular formula is C21H26N2O5S. The minimum atomic E-state index is -3.54. The first-order valence-electron chi connectivity index (χ1n) is 9.37. The highest BCUT2D eigenvalue weighted by Crippen LogP contribution is 2.35. The second-order valence-electron chi connectivity index (χ2n) is 7.33. The van der Waals surface area contributed by atoms with Gasteiger partial charge in [0, 0.05) is 0 Å². The van der Waals surface area contributed by atoms with Crippen molar-refractivity contribution in [3.05, 3.63) is 53.1 Å². The van der Waals surface area contributed by atoms with E-state index < -0.39 is 16.1 Å². The first-order chi connectivity index (χ1) is 13.6. The van der Waals surface area contributed by atoms with Gasteiger partial charge in [0.1, 0.15) is 18.1 Å². The highest BCUT2D eigenvalue weighted by Gasteiger charge is 2.34. The van der Waals surface area contributed by atoms with Gasteiger partial charge in [0.25, 0.3) is 5.91 Å². The number of amides is 1. The lowest BCUT2D eigenvalue weighted by Gasteiger charge is -2.34. The first-order valence-corrected chi connectivity index (χ1v) is 11.2. The number of fused-ring (bicyclic) bond motifs is 1. The van der Waals surface area contributed by atoms with Gasteiger partial charge in [-0.1, -0.05) is 12.1 Å². The fourth-order valence-electron chi connectivity index (χ4n) is 3.29. The third-order valence-corrected chi connectivity index (χ3v) is 5.69. The number of anilines is 1. The molecule has 0 fully saturated rings. The highest BCUT2D eigenvalue weighted by atomic mass is 32.2. The Hall–Kier alpha value is -2.74. The van der Waals surface area contributed by atoms with Crippen LogP contribution in [0.2, 0.25) is 0 Å². The molecule has 0 radical (unpaired) electrons. The molecule has 2 aromatic carbocycles. The summed E-state index contributed by atoms with van der Waals surface area (Å²) in [6, 6.07) is 11.2. The number of hydrogen-bond donors (Lipinski definition) is 1. The van der Waals surface area contributed by atoms with E-state index in [1.165, 1.54) is 4.31 Å². The largest absolute Gasteiger partial charge is 0.492 e. The van der Waals surface area contributed by atoms with Crippen molar-refractivity contribution in [2.45, 2.75) is 26.9 Å². The Morgan fingerprint density at radius 3 is 2.48 bits per heavy atom. The van der Waals surface area contributed by atoms with Crippen LogP contribution in [0, 0.1) is 20.8 Å². The zero-order valence-corrected chi connectivity index (χ0v) is 17.9. The number of aryl methyl sites for hydroxylation is 3. The number of carbonyl (C=O) groups is 1. The van der Waals surface area contributed by atoms with E-state index in [2.05, 4.69) is 11.4 Å². The van der Waals surface area contributed by atoms with Crippen molar-refractivity contribution in [2.75, 3.05) is 30.3 Å². The summed E-state index contributed by atoms with van der Waals surface area (Å²) >= 11 is 0. The van der Waals surface area contributed by atoms with Crippen LogP contribution in [0.3, 0.4) is 0 Å². The van der Waals surface area contributed by atoms with Crippen molar-refractivity contribution in [1.29, 1.82) is 0 Å². The van der Waals surface area contributed by atoms with Gasteiger partial charge in [-0.15, -0.1) is 0 Å². The van der Waals surface area contributed by atoms with E-state index in [1.54, 1.807) is 12.1 Å². The molecule has 3 rings (SSSR count). The van der Waals surface area contributed by atoms with Gasteiger partial charge in [-0.3, -0.25) is 9.10 Å². The van der Waals surface area contributed by atoms with Crippen molar-refractivity contribution >= 4 is 21.6 Å². The Balaban J connectivity index is 1.61. The monoisotopic (exact) mass is 418 g/mol. The molecule has 8 heteroatoms. The van der Waals surface area contributed by atoms with Crippen LogP contribution in [0.25, 0.3) is 0 Å². The zero-order chi connectivity index (χ0) is 21.2. The number of sulfonamides is 1. The molecule has 1 unspecified atom stereocenters. The quantitative estimate of drug-likeness (QED) is 0.728. The number of nitrogens with zero attached hydrogens (tertiary/aromatic N) is 1. The van der Waals surface area contributed by atoms with Crippen LogP contribution in [0.5, 0.6) is 11.5 Å². The number of hydrogen-bond acceptors (Lipinski definition) is 5. The van der Waals surface area contributed by atoms with E-state index in [0.717, 1.165) is 28.7 Å². The normalized spacial score (nSPS) is 16.0. The molecular weight excluding hydrogens is 392 g/mol. The van der Waals surface area contributed by atoms with Gasteiger partial charge in [-0.25, -0.2) is 8.42 Å². The van der Waals surface area contributed by atoms with Crippen molar-refractivity contribution < 1.29 is 22.7 Å². The average molecular weight is 419 g/mol. The Kier molecular flexibility index (Phi) is 6.02. The van der Waals surface area contributed by atoms with Crippen molar-refractivity contribution in [2.24, 2.45) is 0 Å². The van der Waals surface area contributed by atoms with Crippen molar-refractivity contribution in [3.63, 3.8) is 0 Å². The summed E-state index contributed by atoms with van der Waals surface area (Å²) in [5.41, 5.74) is 3.57. The average Bonchev–Trinajstić information content (AvgIpc) is 2.62. The fraction of sp³-hybridized carbons (Fsp3) is 0.381. The number of ether oxygens (including phenoxy) is 2. The lowest BCUT2D eigenvalue weighted by molar-refractivity contribution is -0.127. The smallest absolute Gasteiger partial charge is 0.263 e. The summed E-state index contributed by atoms with van der Waals surface area (Å²) in [7, 11) is -3.54. The summed E-state index contributed by atoms with van der Waals surface area (Å²) in [6.45, 7) is 6.37. The lowest BCUT2D eigenvalue weighted by Crippen LogP contribution is -2.51. The molecule has 1 aliphatic rings. The van der Waals surface area contributed by atoms with E-state index in [9.17, 15) is 13.2 Å². The number of benzene rings is 2. The molecule has 1 N–H and O–H groups in total. The maximum absolute atomic E-state index is 12.6. The van der Waals surface area contributed by atoms with Gasteiger partial charge in [0.05, 0.1) is 25.0 Å². The molecule has 0 saturated carbocycles. The van der Waals surface area contributed by atoms with Gasteiger partial charge >= 0.3 is 0 Å². The van der Waals surface area contributed by atoms with Crippen LogP contribution < -0.4 is 19.1 Å². The third-order valence-electron chi connectivity index (χ3n) is 4.54. The standard InChI is InChI=1S/C21H26N2O5S/c1-14-5-6-19-18(12-14)23(29(4,25)26)13-20(28-19)21(24)22-7-8-27-17-10-15(2)9-16(3)11-17/h5-6,9-12,20H,7-8,13H2,1-4H3,(H,22,24). The molecule has 0 aromatic heterocycles. The first kappa shape index (κ1) is 21.0. The second-order valence-corrected chi connectivity index (χ2v) is 9.24. The molecule has 1 atom stereocenters. The van der Waals surface area contributed by atoms with Crippen LogP contribution in [-0.2, 0) is 14.8 Å². The minimum absolute atomic E-state index is 0.0704. The summed E-state index contributed by atoms with van der Waals surface area (Å²) < 4.78 is 37.1. The topological polar surface area (TPSA) is 84.9 Å². The van der Waals surface area contributed by atoms with Gasteiger partial charge in [-0.05, 0) is 61.7 Å². The predicted molar refractivity (Wildman–Crippen MR) is 112 cm³/mol. The molecule has 1 heterocycles. The Bertz CT molecular complexity index is 999. The Labute approximate surface area is 171 Å². The van der Waals surface area contributed by atoms with E-state index >= 15 is 0 Å². The highest BCUT2D eigenvalue weighted by molar-refractivity contribution is 7.92. The molecule has 0 aliphatic carbocycles. The molecule has 1 amide bonds. The number of carbonyl (C=O) groups excluding carboxylic acids is 1. The molecule has 29 heavy (non-hydrogen) atoms. The summed E-state index contributed by atoms with van der Waals surface area (Å²) in [4.78, 5) is 12.6. The maximum atomic E-state index is 12.6. The van der Waals surface area contributed by atoms with E-state index in [0.29, 0.717) is 18.0 Å². The molecule has 156 valence electrons. The van der Waals surface area contributed by atoms with Gasteiger partial charge in [-0.2, -0.15) is 0 Å². The van der Waals surface area contributed by atoms with Crippen molar-refractivity contribution in [3.8, 4) is 11.5 Å². The summed E-state index contributed by atoms with van der Waals surface area (Å²) in [5.74, 6) is 0.742. The second kappa shape index (κ2) is 8.32. The van der Waals surface area contributed by atoms with Crippen LogP contribution in [0.15, 0.2) is 36.4 Å². The summed E-state index contributed by atoms with van der Waals surface area (Å²) in [6.07, 6.45) is 0.193. The molecule has 0 saturated heterocycles. The van der Waals surface area contributed by atoms with Gasteiger partial charge < -0.3 is 14.8 Å². The van der Waals surface area contributed by atoms with Crippen LogP contribution in [0.1, 0.15) is 16.7 Å². The Morgan fingerprint density at radius 2 is 1.83 bits per heavy atom. The van der Waals surface area contributed by atoms with Gasteiger partial charge in [0.15, 0.2) is 6.10 Å². The predicted octanol–water partition coefficient (Wildman–Crippen LogP) is 2.33. The molecule has 1 aliphatic heterocycles. The molecule has 0 bridgehead atoms. The SMILES string of the molecule is Cc1cc(C)cc(OCCNC(=O)C2CN(S(C)(=O)=O)c3cc(C)ccc3O2)c1. The van der Waals surface area contributed by atoms with E-state index in [-0.39, 0.29) is 19.0 Å². The van der Waals surface area contributed by atoms with Crippen molar-refractivity contribution in [1.82, 2.24) is 5.32 Å².